The van der Waals surface area contributed by atoms with E-state index in [1.807, 2.05) is 52.0 Å². The smallest absolute Gasteiger partial charge is 0.243 e. The van der Waals surface area contributed by atoms with Gasteiger partial charge >= 0.3 is 0 Å². The van der Waals surface area contributed by atoms with Crippen molar-refractivity contribution >= 4 is 41.4 Å². The molecule has 7 amide bonds. The Morgan fingerprint density at radius 1 is 0.571 bits per heavy atom. The second-order valence-corrected chi connectivity index (χ2v) is 16.7. The molecule has 1 aromatic rings. The van der Waals surface area contributed by atoms with Crippen LogP contribution in [0, 0.1) is 0 Å². The van der Waals surface area contributed by atoms with Crippen molar-refractivity contribution in [1.82, 2.24) is 46.2 Å². The van der Waals surface area contributed by atoms with Crippen molar-refractivity contribution in [2.75, 3.05) is 98.2 Å². The second-order valence-electron chi connectivity index (χ2n) is 16.7. The van der Waals surface area contributed by atoms with E-state index >= 15 is 0 Å². The number of carbonyl (C=O) groups is 7. The van der Waals surface area contributed by atoms with E-state index in [1.54, 1.807) is 0 Å². The van der Waals surface area contributed by atoms with E-state index in [1.165, 1.54) is 0 Å². The third kappa shape index (κ3) is 27.2. The lowest BCUT2D eigenvalue weighted by molar-refractivity contribution is -0.130. The summed E-state index contributed by atoms with van der Waals surface area (Å²) in [6, 6.07) is 8.36. The Balaban J connectivity index is 1.82. The number of likely N-dealkylation sites (N-methyl/N-ethyl adjacent to an activating group) is 1. The van der Waals surface area contributed by atoms with Crippen molar-refractivity contribution in [2.45, 2.75) is 110 Å². The number of hydrogen-bond acceptors (Lipinski definition) is 11. The van der Waals surface area contributed by atoms with Gasteiger partial charge in [0.25, 0.3) is 0 Å². The molecule has 18 heteroatoms. The van der Waals surface area contributed by atoms with Gasteiger partial charge in [0.15, 0.2) is 0 Å². The van der Waals surface area contributed by atoms with Crippen LogP contribution in [0.25, 0.3) is 0 Å². The first-order valence-corrected chi connectivity index (χ1v) is 23.2. The fourth-order valence-corrected chi connectivity index (χ4v) is 7.28. The van der Waals surface area contributed by atoms with E-state index < -0.39 is 23.8 Å². The molecule has 1 fully saturated rings. The van der Waals surface area contributed by atoms with Gasteiger partial charge in [-0.3, -0.25) is 48.3 Å². The van der Waals surface area contributed by atoms with Gasteiger partial charge in [-0.25, -0.2) is 0 Å². The van der Waals surface area contributed by atoms with E-state index in [4.69, 9.17) is 11.5 Å². The van der Waals surface area contributed by atoms with Crippen LogP contribution in [0.3, 0.4) is 0 Å². The lowest BCUT2D eigenvalue weighted by Crippen LogP contribution is -2.53. The van der Waals surface area contributed by atoms with Crippen molar-refractivity contribution in [2.24, 2.45) is 11.5 Å². The highest BCUT2D eigenvalue weighted by Crippen LogP contribution is 2.08. The predicted octanol–water partition coefficient (Wildman–Crippen LogP) is 0.0903. The van der Waals surface area contributed by atoms with Crippen molar-refractivity contribution in [3.05, 3.63) is 35.9 Å². The lowest BCUT2D eigenvalue weighted by atomic mass is 10.0. The molecule has 2 atom stereocenters. The molecule has 0 saturated carbocycles. The molecular formula is C45H79N11O7. The van der Waals surface area contributed by atoms with E-state index in [2.05, 4.69) is 45.3 Å². The number of nitrogens with one attached hydrogen (secondary N) is 5. The molecule has 9 N–H and O–H groups in total. The van der Waals surface area contributed by atoms with Gasteiger partial charge < -0.3 is 43.0 Å². The molecule has 1 saturated heterocycles. The van der Waals surface area contributed by atoms with Crippen molar-refractivity contribution in [1.29, 1.82) is 0 Å². The summed E-state index contributed by atoms with van der Waals surface area (Å²) in [4.78, 5) is 95.7. The number of carbonyl (C=O) groups excluding carboxylic acids is 7. The van der Waals surface area contributed by atoms with E-state index in [0.29, 0.717) is 78.2 Å². The van der Waals surface area contributed by atoms with E-state index in [9.17, 15) is 33.6 Å². The third-order valence-electron chi connectivity index (χ3n) is 11.1. The zero-order valence-electron chi connectivity index (χ0n) is 38.4. The first-order valence-electron chi connectivity index (χ1n) is 23.2. The quantitative estimate of drug-likeness (QED) is 0.0532. The van der Waals surface area contributed by atoms with Gasteiger partial charge in [-0.05, 0) is 57.6 Å². The molecule has 0 aliphatic carbocycles. The topological polar surface area (TPSA) is 245 Å². The van der Waals surface area contributed by atoms with Crippen LogP contribution in [0.4, 0.5) is 0 Å². The molecule has 18 nitrogen and oxygen atoms in total. The van der Waals surface area contributed by atoms with Crippen LogP contribution in [-0.2, 0) is 40.0 Å². The summed E-state index contributed by atoms with van der Waals surface area (Å²) >= 11 is 0. The first-order chi connectivity index (χ1) is 30.3. The van der Waals surface area contributed by atoms with Crippen LogP contribution in [0.5, 0.6) is 0 Å². The van der Waals surface area contributed by atoms with Gasteiger partial charge in [-0.2, -0.15) is 0 Å². The monoisotopic (exact) mass is 886 g/mol. The number of nitrogens with two attached hydrogens (primary N) is 2. The van der Waals surface area contributed by atoms with Crippen LogP contribution < -0.4 is 38.1 Å². The van der Waals surface area contributed by atoms with Crippen LogP contribution in [0.2, 0.25) is 0 Å². The first kappa shape index (κ1) is 54.5. The molecule has 1 aromatic carbocycles. The maximum absolute atomic E-state index is 13.5. The molecule has 0 spiro atoms. The molecule has 0 bridgehead atoms. The summed E-state index contributed by atoms with van der Waals surface area (Å²) in [5.74, 6) is -1.94. The fraction of sp³-hybridized carbons (Fsp3) is 0.711. The minimum Gasteiger partial charge on any atom is -0.369 e. The maximum atomic E-state index is 13.5. The van der Waals surface area contributed by atoms with Gasteiger partial charge in [0.05, 0.1) is 26.2 Å². The van der Waals surface area contributed by atoms with Crippen LogP contribution in [0.1, 0.15) is 97.0 Å². The molecule has 63 heavy (non-hydrogen) atoms. The molecule has 2 rings (SSSR count). The van der Waals surface area contributed by atoms with Crippen LogP contribution >= 0.6 is 0 Å². The Morgan fingerprint density at radius 2 is 1.08 bits per heavy atom. The highest BCUT2D eigenvalue weighted by atomic mass is 16.2. The van der Waals surface area contributed by atoms with E-state index in [0.717, 1.165) is 70.0 Å². The molecule has 2 unspecified atom stereocenters. The SMILES string of the molecule is CCCCNC(=O)CCCCCCC(=O)NCCCCC(C)NC(=O)C(Cc1ccccc1)NC(=O)CNC(=O)CN1CCN(CC)CCN(CC(N)=O)CCN(CC(N)=O)CC1. The molecule has 0 radical (unpaired) electrons. The number of nitrogens with zero attached hydrogens (tertiary/aromatic N) is 4. The second kappa shape index (κ2) is 32.9. The van der Waals surface area contributed by atoms with Gasteiger partial charge in [0.2, 0.25) is 41.4 Å². The Bertz CT molecular complexity index is 1520. The molecule has 1 aliphatic heterocycles. The van der Waals surface area contributed by atoms with Gasteiger partial charge in [-0.1, -0.05) is 63.4 Å². The average Bonchev–Trinajstić information content (AvgIpc) is 3.23. The standard InChI is InChI=1S/C45H79N11O7/c1-4-6-21-48-41(59)19-12-7-8-13-20-42(60)49-22-15-14-16-36(3)51-45(63)38(31-37-17-10-9-11-18-37)52-43(61)32-50-44(62)35-56-26-24-53(5-2)23-25-54(33-39(46)57)27-28-55(29-30-56)34-40(47)58/h9-11,17-18,36,38H,4-8,12-16,19-35H2,1-3H3,(H2,46,57)(H2,47,58)(H,48,59)(H,49,60)(H,50,62)(H,51,63)(H,52,61). The normalized spacial score (nSPS) is 15.8. The summed E-state index contributed by atoms with van der Waals surface area (Å²) in [7, 11) is 0. The Morgan fingerprint density at radius 3 is 1.59 bits per heavy atom. The van der Waals surface area contributed by atoms with Crippen molar-refractivity contribution in [3.63, 3.8) is 0 Å². The number of primary amides is 2. The van der Waals surface area contributed by atoms with Gasteiger partial charge in [-0.15, -0.1) is 0 Å². The summed E-state index contributed by atoms with van der Waals surface area (Å²) in [5, 5.41) is 14.5. The zero-order valence-corrected chi connectivity index (χ0v) is 38.4. The van der Waals surface area contributed by atoms with Crippen LogP contribution in [-0.4, -0.2) is 171 Å². The molecule has 1 aliphatic rings. The molecular weight excluding hydrogens is 807 g/mol. The number of unbranched alkanes of at least 4 members (excludes halogenated alkanes) is 5. The maximum Gasteiger partial charge on any atom is 0.243 e. The van der Waals surface area contributed by atoms with Crippen LogP contribution in [0.15, 0.2) is 30.3 Å². The minimum absolute atomic E-state index is 0.0203. The highest BCUT2D eigenvalue weighted by Gasteiger charge is 2.24. The largest absolute Gasteiger partial charge is 0.369 e. The summed E-state index contributed by atoms with van der Waals surface area (Å²) in [6.07, 6.45) is 9.01. The number of rotatable bonds is 29. The molecule has 356 valence electrons. The van der Waals surface area contributed by atoms with E-state index in [-0.39, 0.29) is 62.3 Å². The predicted molar refractivity (Wildman–Crippen MR) is 245 cm³/mol. The number of hydrogen-bond donors (Lipinski definition) is 7. The van der Waals surface area contributed by atoms with Crippen molar-refractivity contribution < 1.29 is 33.6 Å². The highest BCUT2D eigenvalue weighted by molar-refractivity contribution is 5.90. The Labute approximate surface area is 375 Å². The van der Waals surface area contributed by atoms with Gasteiger partial charge in [0, 0.05) is 90.8 Å². The number of amides is 7. The summed E-state index contributed by atoms with van der Waals surface area (Å²) in [5.41, 5.74) is 11.9. The van der Waals surface area contributed by atoms with Crippen molar-refractivity contribution in [3.8, 4) is 0 Å². The third-order valence-corrected chi connectivity index (χ3v) is 11.1. The summed E-state index contributed by atoms with van der Waals surface area (Å²) < 4.78 is 0. The average molecular weight is 886 g/mol. The Kier molecular flexibility index (Phi) is 28.5. The lowest BCUT2D eigenvalue weighted by Gasteiger charge is -2.33. The molecule has 1 heterocycles. The fourth-order valence-electron chi connectivity index (χ4n) is 7.28. The number of benzene rings is 1. The zero-order chi connectivity index (χ0) is 46.2. The van der Waals surface area contributed by atoms with Gasteiger partial charge in [0.1, 0.15) is 6.04 Å². The Hall–Kier alpha value is -4.65. The molecule has 0 aromatic heterocycles. The summed E-state index contributed by atoms with van der Waals surface area (Å²) in [6.45, 7) is 12.5. The minimum atomic E-state index is -0.869.